The largest absolute Gasteiger partial charge is 0.422 e. The molecule has 0 bridgehead atoms. The van der Waals surface area contributed by atoms with Crippen LogP contribution in [0.2, 0.25) is 5.02 Å². The molecule has 2 heterocycles. The van der Waals surface area contributed by atoms with Gasteiger partial charge in [-0.15, -0.1) is 0 Å². The van der Waals surface area contributed by atoms with E-state index in [-0.39, 0.29) is 23.2 Å². The van der Waals surface area contributed by atoms with Crippen molar-refractivity contribution < 1.29 is 17.6 Å². The summed E-state index contributed by atoms with van der Waals surface area (Å²) in [5, 5.41) is 2.80. The fourth-order valence-corrected chi connectivity index (χ4v) is 3.46. The second kappa shape index (κ2) is 5.58. The number of fused-ring (bicyclic) bond motifs is 1. The van der Waals surface area contributed by atoms with E-state index in [2.05, 4.69) is 26.2 Å². The molecule has 1 aliphatic heterocycles. The zero-order valence-corrected chi connectivity index (χ0v) is 13.8. The number of piperazine rings is 1. The summed E-state index contributed by atoms with van der Waals surface area (Å²) < 4.78 is 45.6. The lowest BCUT2D eigenvalue weighted by molar-refractivity contribution is -0.136. The number of rotatable bonds is 1. The summed E-state index contributed by atoms with van der Waals surface area (Å²) in [5.41, 5.74) is -1.18. The van der Waals surface area contributed by atoms with E-state index in [1.165, 1.54) is 6.07 Å². The number of halogens is 5. The van der Waals surface area contributed by atoms with Gasteiger partial charge in [0.1, 0.15) is 11.1 Å². The predicted molar refractivity (Wildman–Crippen MR) is 81.4 cm³/mol. The van der Waals surface area contributed by atoms with Crippen molar-refractivity contribution in [1.82, 2.24) is 10.3 Å². The molecule has 120 valence electrons. The van der Waals surface area contributed by atoms with Crippen LogP contribution >= 0.6 is 27.5 Å². The monoisotopic (exact) mass is 397 g/mol. The molecule has 0 spiro atoms. The number of aromatic nitrogens is 1. The number of hydrogen-bond acceptors (Lipinski definition) is 4. The van der Waals surface area contributed by atoms with Crippen LogP contribution in [0.4, 0.5) is 19.2 Å². The molecule has 1 aromatic carbocycles. The van der Waals surface area contributed by atoms with Crippen molar-refractivity contribution in [3.63, 3.8) is 0 Å². The summed E-state index contributed by atoms with van der Waals surface area (Å²) in [5.74, 6) is 0. The van der Waals surface area contributed by atoms with Crippen LogP contribution in [-0.2, 0) is 6.18 Å². The number of nitrogens with zero attached hydrogens (tertiary/aromatic N) is 2. The molecule has 1 aliphatic rings. The Labute approximate surface area is 137 Å². The molecule has 2 aromatic rings. The van der Waals surface area contributed by atoms with Crippen LogP contribution < -0.4 is 10.2 Å². The molecule has 0 saturated carbocycles. The van der Waals surface area contributed by atoms with Crippen molar-refractivity contribution in [2.24, 2.45) is 0 Å². The van der Waals surface area contributed by atoms with E-state index in [0.717, 1.165) is 6.54 Å². The first-order chi connectivity index (χ1) is 10.3. The second-order valence-corrected chi connectivity index (χ2v) is 6.40. The molecule has 1 saturated heterocycles. The lowest BCUT2D eigenvalue weighted by atomic mass is 10.2. The summed E-state index contributed by atoms with van der Waals surface area (Å²) in [6.45, 7) is 4.00. The average Bonchev–Trinajstić information content (AvgIpc) is 2.82. The fourth-order valence-electron chi connectivity index (χ4n) is 2.52. The van der Waals surface area contributed by atoms with Gasteiger partial charge >= 0.3 is 6.18 Å². The van der Waals surface area contributed by atoms with Crippen LogP contribution in [0.3, 0.4) is 0 Å². The molecule has 0 radical (unpaired) electrons. The number of alkyl halides is 3. The Kier molecular flexibility index (Phi) is 4.03. The Balaban J connectivity index is 2.18. The van der Waals surface area contributed by atoms with E-state index in [4.69, 9.17) is 16.0 Å². The zero-order valence-electron chi connectivity index (χ0n) is 11.5. The van der Waals surface area contributed by atoms with Gasteiger partial charge in [0, 0.05) is 25.7 Å². The smallest absolute Gasteiger partial charge is 0.420 e. The van der Waals surface area contributed by atoms with E-state index >= 15 is 0 Å². The SMILES string of the molecule is CC1CNCCN1c1nc2c(C(F)(F)F)c(Cl)cc(Br)c2o1. The van der Waals surface area contributed by atoms with Gasteiger partial charge in [-0.3, -0.25) is 0 Å². The highest BCUT2D eigenvalue weighted by Crippen LogP contribution is 2.43. The lowest BCUT2D eigenvalue weighted by Crippen LogP contribution is -2.50. The maximum atomic E-state index is 13.2. The van der Waals surface area contributed by atoms with Gasteiger partial charge in [0.25, 0.3) is 6.01 Å². The molecule has 1 atom stereocenters. The van der Waals surface area contributed by atoms with Gasteiger partial charge in [-0.1, -0.05) is 11.6 Å². The predicted octanol–water partition coefficient (Wildman–Crippen LogP) is 4.06. The van der Waals surface area contributed by atoms with Crippen molar-refractivity contribution >= 4 is 44.6 Å². The highest BCUT2D eigenvalue weighted by molar-refractivity contribution is 9.10. The first kappa shape index (κ1) is 15.9. The second-order valence-electron chi connectivity index (χ2n) is 5.13. The third-order valence-electron chi connectivity index (χ3n) is 3.59. The Bertz CT molecular complexity index is 719. The number of hydrogen-bond donors (Lipinski definition) is 1. The maximum absolute atomic E-state index is 13.2. The average molecular weight is 399 g/mol. The van der Waals surface area contributed by atoms with Crippen LogP contribution in [0.25, 0.3) is 11.1 Å². The Morgan fingerprint density at radius 3 is 2.86 bits per heavy atom. The van der Waals surface area contributed by atoms with E-state index in [0.29, 0.717) is 17.6 Å². The molecule has 1 aromatic heterocycles. The van der Waals surface area contributed by atoms with Crippen molar-refractivity contribution in [1.29, 1.82) is 0 Å². The molecule has 0 aliphatic carbocycles. The fraction of sp³-hybridized carbons (Fsp3) is 0.462. The molecular formula is C13H12BrClF3N3O. The normalized spacial score (nSPS) is 19.9. The van der Waals surface area contributed by atoms with E-state index < -0.39 is 16.8 Å². The standard InChI is InChI=1S/C13H12BrClF3N3O/c1-6-5-19-2-3-21(6)12-20-10-9(13(16,17)18)8(15)4-7(14)11(10)22-12/h4,6,19H,2-3,5H2,1H3. The van der Waals surface area contributed by atoms with Crippen LogP contribution in [-0.4, -0.2) is 30.7 Å². The maximum Gasteiger partial charge on any atom is 0.420 e. The number of benzene rings is 1. The Hall–Kier alpha value is -0.990. The minimum atomic E-state index is -4.60. The van der Waals surface area contributed by atoms with E-state index in [9.17, 15) is 13.2 Å². The van der Waals surface area contributed by atoms with Gasteiger partial charge in [-0.25, -0.2) is 0 Å². The van der Waals surface area contributed by atoms with Gasteiger partial charge in [0.15, 0.2) is 5.58 Å². The van der Waals surface area contributed by atoms with Crippen LogP contribution in [0.5, 0.6) is 0 Å². The number of oxazole rings is 1. The third-order valence-corrected chi connectivity index (χ3v) is 4.48. The quantitative estimate of drug-likeness (QED) is 0.786. The number of anilines is 1. The van der Waals surface area contributed by atoms with Gasteiger partial charge < -0.3 is 14.6 Å². The first-order valence-electron chi connectivity index (χ1n) is 6.62. The minimum Gasteiger partial charge on any atom is -0.422 e. The lowest BCUT2D eigenvalue weighted by Gasteiger charge is -2.32. The summed E-state index contributed by atoms with van der Waals surface area (Å²) in [7, 11) is 0. The molecule has 4 nitrogen and oxygen atoms in total. The molecule has 22 heavy (non-hydrogen) atoms. The minimum absolute atomic E-state index is 0.0532. The van der Waals surface area contributed by atoms with Crippen molar-refractivity contribution in [3.05, 3.63) is 21.1 Å². The summed E-state index contributed by atoms with van der Waals surface area (Å²) in [6, 6.07) is 1.44. The third kappa shape index (κ3) is 2.68. The molecule has 1 fully saturated rings. The molecule has 3 rings (SSSR count). The van der Waals surface area contributed by atoms with Gasteiger partial charge in [0.2, 0.25) is 0 Å². The van der Waals surface area contributed by atoms with Crippen molar-refractivity contribution in [2.75, 3.05) is 24.5 Å². The topological polar surface area (TPSA) is 41.3 Å². The molecular weight excluding hydrogens is 387 g/mol. The highest BCUT2D eigenvalue weighted by atomic mass is 79.9. The molecule has 1 unspecified atom stereocenters. The van der Waals surface area contributed by atoms with Gasteiger partial charge in [-0.2, -0.15) is 18.2 Å². The summed E-state index contributed by atoms with van der Waals surface area (Å²) >= 11 is 8.95. The molecule has 0 amide bonds. The molecule has 9 heteroatoms. The number of nitrogens with one attached hydrogen (secondary N) is 1. The molecule has 1 N–H and O–H groups in total. The zero-order chi connectivity index (χ0) is 16.1. The van der Waals surface area contributed by atoms with Crippen molar-refractivity contribution in [2.45, 2.75) is 19.1 Å². The van der Waals surface area contributed by atoms with Crippen LogP contribution in [0.1, 0.15) is 12.5 Å². The summed E-state index contributed by atoms with van der Waals surface area (Å²) in [6.07, 6.45) is -4.60. The van der Waals surface area contributed by atoms with Crippen molar-refractivity contribution in [3.8, 4) is 0 Å². The first-order valence-corrected chi connectivity index (χ1v) is 7.79. The van der Waals surface area contributed by atoms with Gasteiger partial charge in [0.05, 0.1) is 9.50 Å². The van der Waals surface area contributed by atoms with Gasteiger partial charge in [-0.05, 0) is 28.9 Å². The van der Waals surface area contributed by atoms with Crippen LogP contribution in [0.15, 0.2) is 15.0 Å². The van der Waals surface area contributed by atoms with E-state index in [1.54, 1.807) is 0 Å². The highest BCUT2D eigenvalue weighted by Gasteiger charge is 2.38. The van der Waals surface area contributed by atoms with Crippen LogP contribution in [0, 0.1) is 0 Å². The Morgan fingerprint density at radius 1 is 1.50 bits per heavy atom. The summed E-state index contributed by atoms with van der Waals surface area (Å²) in [4.78, 5) is 5.92. The Morgan fingerprint density at radius 2 is 2.23 bits per heavy atom. The van der Waals surface area contributed by atoms with E-state index in [1.807, 2.05) is 11.8 Å².